The van der Waals surface area contributed by atoms with Crippen molar-refractivity contribution in [2.75, 3.05) is 6.54 Å². The molecule has 0 bridgehead atoms. The van der Waals surface area contributed by atoms with Crippen molar-refractivity contribution in [3.8, 4) is 11.6 Å². The van der Waals surface area contributed by atoms with Gasteiger partial charge in [-0.2, -0.15) is 9.67 Å². The predicted octanol–water partition coefficient (Wildman–Crippen LogP) is 4.19. The van der Waals surface area contributed by atoms with Crippen molar-refractivity contribution in [2.24, 2.45) is 5.92 Å². The van der Waals surface area contributed by atoms with Crippen LogP contribution >= 0.6 is 23.2 Å². The van der Waals surface area contributed by atoms with Crippen LogP contribution in [0, 0.1) is 12.8 Å². The van der Waals surface area contributed by atoms with Crippen molar-refractivity contribution >= 4 is 46.3 Å². The molecule has 0 aliphatic carbocycles. The summed E-state index contributed by atoms with van der Waals surface area (Å²) < 4.78 is 2.84. The lowest BCUT2D eigenvalue weighted by Crippen LogP contribution is -2.41. The van der Waals surface area contributed by atoms with Gasteiger partial charge in [-0.05, 0) is 49.4 Å². The monoisotopic (exact) mass is 512 g/mol. The fourth-order valence-corrected chi connectivity index (χ4v) is 4.48. The standard InChI is InChI=1S/C26H26Cl2N4O3/c1-5-7-20-21(25(34)32(29-20)17-9-10-18(27)19(28)12-17)22-23(30-11-6-8-16(4)14-30)26(35)31(24(22)33)13-15(2)3/h6,8-12,14-15H,5,7,13H2,1-4H3. The maximum absolute atomic E-state index is 13.8. The maximum atomic E-state index is 13.8. The van der Waals surface area contributed by atoms with Crippen molar-refractivity contribution in [3.63, 3.8) is 0 Å². The number of pyridine rings is 1. The van der Waals surface area contributed by atoms with Gasteiger partial charge in [0.25, 0.3) is 11.6 Å². The minimum absolute atomic E-state index is 0.0618. The van der Waals surface area contributed by atoms with Gasteiger partial charge in [0.05, 0.1) is 21.4 Å². The topological polar surface area (TPSA) is 82.1 Å². The molecule has 0 atom stereocenters. The summed E-state index contributed by atoms with van der Waals surface area (Å²) in [6.07, 6.45) is 4.63. The molecule has 2 aromatic heterocycles. The molecule has 0 spiro atoms. The van der Waals surface area contributed by atoms with Gasteiger partial charge in [0, 0.05) is 23.7 Å². The lowest BCUT2D eigenvalue weighted by Gasteiger charge is -2.17. The lowest BCUT2D eigenvalue weighted by molar-refractivity contribution is -0.577. The first-order chi connectivity index (χ1) is 16.6. The molecular weight excluding hydrogens is 487 g/mol. The predicted molar refractivity (Wildman–Crippen MR) is 133 cm³/mol. The zero-order valence-electron chi connectivity index (χ0n) is 20.0. The van der Waals surface area contributed by atoms with Crippen molar-refractivity contribution in [1.29, 1.82) is 0 Å². The normalized spacial score (nSPS) is 14.1. The Kier molecular flexibility index (Phi) is 7.01. The van der Waals surface area contributed by atoms with Gasteiger partial charge < -0.3 is 5.11 Å². The Morgan fingerprint density at radius 2 is 1.86 bits per heavy atom. The van der Waals surface area contributed by atoms with Crippen LogP contribution in [-0.2, 0) is 16.0 Å². The number of carbonyl (C=O) groups excluding carboxylic acids is 2. The van der Waals surface area contributed by atoms with Crippen LogP contribution < -0.4 is 9.67 Å². The molecule has 182 valence electrons. The van der Waals surface area contributed by atoms with E-state index in [2.05, 4.69) is 5.10 Å². The van der Waals surface area contributed by atoms with E-state index in [4.69, 9.17) is 23.2 Å². The number of aromatic nitrogens is 3. The second kappa shape index (κ2) is 9.84. The third-order valence-corrected chi connectivity index (χ3v) is 6.44. The molecule has 0 unspecified atom stereocenters. The molecule has 35 heavy (non-hydrogen) atoms. The van der Waals surface area contributed by atoms with Crippen LogP contribution in [-0.4, -0.2) is 33.0 Å². The number of amides is 2. The highest BCUT2D eigenvalue weighted by atomic mass is 35.5. The van der Waals surface area contributed by atoms with Crippen LogP contribution in [0.1, 0.15) is 44.0 Å². The minimum atomic E-state index is -0.490. The summed E-state index contributed by atoms with van der Waals surface area (Å²) in [5.41, 5.74) is 2.16. The molecule has 0 saturated carbocycles. The number of hydrogen-bond donors (Lipinski definition) is 0. The average molecular weight is 513 g/mol. The first-order valence-corrected chi connectivity index (χ1v) is 12.2. The van der Waals surface area contributed by atoms with Gasteiger partial charge in [-0.1, -0.05) is 50.4 Å². The summed E-state index contributed by atoms with van der Waals surface area (Å²) in [4.78, 5) is 28.5. The second-order valence-electron chi connectivity index (χ2n) is 9.01. The number of carbonyl (C=O) groups is 2. The molecule has 3 heterocycles. The number of hydrogen-bond acceptors (Lipinski definition) is 4. The number of aryl methyl sites for hydroxylation is 2. The Morgan fingerprint density at radius 1 is 1.11 bits per heavy atom. The lowest BCUT2D eigenvalue weighted by atomic mass is 10.0. The van der Waals surface area contributed by atoms with Gasteiger partial charge in [-0.15, -0.1) is 0 Å². The van der Waals surface area contributed by atoms with E-state index in [1.807, 2.05) is 33.8 Å². The second-order valence-corrected chi connectivity index (χ2v) is 9.83. The molecule has 2 amide bonds. The molecule has 9 heteroatoms. The van der Waals surface area contributed by atoms with E-state index in [9.17, 15) is 14.7 Å². The Labute approximate surface area is 214 Å². The summed E-state index contributed by atoms with van der Waals surface area (Å²) in [7, 11) is 0. The van der Waals surface area contributed by atoms with E-state index in [0.29, 0.717) is 29.2 Å². The average Bonchev–Trinajstić information content (AvgIpc) is 3.23. The number of halogens is 2. The number of imide groups is 1. The van der Waals surface area contributed by atoms with Gasteiger partial charge in [0.15, 0.2) is 12.4 Å². The van der Waals surface area contributed by atoms with Crippen LogP contribution in [0.25, 0.3) is 17.0 Å². The molecule has 4 rings (SSSR count). The van der Waals surface area contributed by atoms with Gasteiger partial charge in [-0.3, -0.25) is 14.5 Å². The summed E-state index contributed by atoms with van der Waals surface area (Å²) in [6, 6.07) is 8.47. The van der Waals surface area contributed by atoms with Crippen LogP contribution in [0.15, 0.2) is 42.7 Å². The van der Waals surface area contributed by atoms with E-state index < -0.39 is 17.7 Å². The highest BCUT2D eigenvalue weighted by Crippen LogP contribution is 2.38. The number of benzene rings is 1. The molecule has 1 aliphatic heterocycles. The highest BCUT2D eigenvalue weighted by molar-refractivity contribution is 6.45. The van der Waals surface area contributed by atoms with E-state index in [1.165, 1.54) is 9.58 Å². The van der Waals surface area contributed by atoms with Gasteiger partial charge in [-0.25, -0.2) is 4.68 Å². The quantitative estimate of drug-likeness (QED) is 0.351. The highest BCUT2D eigenvalue weighted by Gasteiger charge is 2.46. The molecule has 0 radical (unpaired) electrons. The smallest absolute Gasteiger partial charge is 0.326 e. The summed E-state index contributed by atoms with van der Waals surface area (Å²) in [6.45, 7) is 7.97. The number of rotatable bonds is 7. The third-order valence-electron chi connectivity index (χ3n) is 5.70. The van der Waals surface area contributed by atoms with Crippen LogP contribution in [0.4, 0.5) is 0 Å². The molecular formula is C26H26Cl2N4O3. The summed E-state index contributed by atoms with van der Waals surface area (Å²) >= 11 is 12.2. The summed E-state index contributed by atoms with van der Waals surface area (Å²) in [5, 5.41) is 19.0. The van der Waals surface area contributed by atoms with Gasteiger partial charge in [0.1, 0.15) is 5.57 Å². The van der Waals surface area contributed by atoms with Crippen LogP contribution in [0.2, 0.25) is 10.0 Å². The molecule has 7 nitrogen and oxygen atoms in total. The fourth-order valence-electron chi connectivity index (χ4n) is 4.19. The first-order valence-electron chi connectivity index (χ1n) is 11.5. The molecule has 0 saturated heterocycles. The first kappa shape index (κ1) is 24.9. The van der Waals surface area contributed by atoms with Crippen molar-refractivity contribution in [1.82, 2.24) is 14.7 Å². The summed E-state index contributed by atoms with van der Waals surface area (Å²) in [5.74, 6) is -1.35. The van der Waals surface area contributed by atoms with E-state index in [-0.39, 0.29) is 34.3 Å². The van der Waals surface area contributed by atoms with E-state index >= 15 is 0 Å². The van der Waals surface area contributed by atoms with E-state index in [0.717, 1.165) is 5.56 Å². The van der Waals surface area contributed by atoms with Crippen LogP contribution in [0.3, 0.4) is 0 Å². The molecule has 1 aliphatic rings. The molecule has 3 aromatic rings. The minimum Gasteiger partial charge on any atom is -0.858 e. The zero-order valence-corrected chi connectivity index (χ0v) is 21.5. The SMILES string of the molecule is CCCc1nn(-c2ccc(Cl)c(Cl)c2)c([O-])c1C1=C([n+]2cccc(C)c2)C(=O)N(CC(C)C)C1=O. The Morgan fingerprint density at radius 3 is 2.49 bits per heavy atom. The maximum Gasteiger partial charge on any atom is 0.326 e. The van der Waals surface area contributed by atoms with Crippen LogP contribution in [0.5, 0.6) is 5.88 Å². The molecule has 0 fully saturated rings. The number of nitrogens with zero attached hydrogens (tertiary/aromatic N) is 4. The third kappa shape index (κ3) is 4.58. The van der Waals surface area contributed by atoms with E-state index in [1.54, 1.807) is 41.2 Å². The van der Waals surface area contributed by atoms with Gasteiger partial charge in [0.2, 0.25) is 0 Å². The molecule has 1 aromatic carbocycles. The zero-order chi connectivity index (χ0) is 25.4. The molecule has 0 N–H and O–H groups in total. The Bertz CT molecular complexity index is 1360. The Hall–Kier alpha value is -3.16. The van der Waals surface area contributed by atoms with Crippen molar-refractivity contribution in [3.05, 3.63) is 69.6 Å². The largest absolute Gasteiger partial charge is 0.858 e. The fraction of sp³-hybridized carbons (Fsp3) is 0.308. The van der Waals surface area contributed by atoms with Crippen molar-refractivity contribution in [2.45, 2.75) is 40.5 Å². The van der Waals surface area contributed by atoms with Gasteiger partial charge >= 0.3 is 5.91 Å². The Balaban J connectivity index is 2.00. The van der Waals surface area contributed by atoms with Crippen molar-refractivity contribution < 1.29 is 19.3 Å².